The predicted octanol–water partition coefficient (Wildman–Crippen LogP) is 3.52. The largest absolute Gasteiger partial charge is 0.387 e. The van der Waals surface area contributed by atoms with E-state index < -0.39 is 6.10 Å². The van der Waals surface area contributed by atoms with Gasteiger partial charge in [-0.3, -0.25) is 4.90 Å². The highest BCUT2D eigenvalue weighted by atomic mass is 35.5. The van der Waals surface area contributed by atoms with Crippen LogP contribution in [0.1, 0.15) is 31.2 Å². The van der Waals surface area contributed by atoms with Crippen molar-refractivity contribution in [3.8, 4) is 0 Å². The minimum Gasteiger partial charge on any atom is -0.387 e. The van der Waals surface area contributed by atoms with Crippen LogP contribution < -0.4 is 0 Å². The van der Waals surface area contributed by atoms with Gasteiger partial charge in [-0.2, -0.15) is 0 Å². The summed E-state index contributed by atoms with van der Waals surface area (Å²) >= 11 is 7.21. The lowest BCUT2D eigenvalue weighted by atomic mass is 10.1. The molecule has 1 N–H and O–H groups in total. The van der Waals surface area contributed by atoms with Crippen molar-refractivity contribution in [2.75, 3.05) is 13.1 Å². The van der Waals surface area contributed by atoms with Gasteiger partial charge in [-0.1, -0.05) is 42.1 Å². The zero-order chi connectivity index (χ0) is 16.1. The molecule has 1 heterocycles. The summed E-state index contributed by atoms with van der Waals surface area (Å²) < 4.78 is 17.4. The Morgan fingerprint density at radius 2 is 1.95 bits per heavy atom. The predicted molar refractivity (Wildman–Crippen MR) is 86.4 cm³/mol. The molecular weight excluding hydrogens is 325 g/mol. The summed E-state index contributed by atoms with van der Waals surface area (Å²) in [4.78, 5) is 2.08. The highest BCUT2D eigenvalue weighted by Gasteiger charge is 2.18. The highest BCUT2D eigenvalue weighted by Crippen LogP contribution is 2.21. The van der Waals surface area contributed by atoms with Gasteiger partial charge >= 0.3 is 0 Å². The van der Waals surface area contributed by atoms with E-state index in [1.165, 1.54) is 12.1 Å². The molecule has 7 heteroatoms. The fourth-order valence-corrected chi connectivity index (χ4v) is 2.87. The van der Waals surface area contributed by atoms with E-state index >= 15 is 0 Å². The minimum atomic E-state index is -0.690. The van der Waals surface area contributed by atoms with Gasteiger partial charge in [-0.05, 0) is 23.6 Å². The first-order valence-corrected chi connectivity index (χ1v) is 8.23. The summed E-state index contributed by atoms with van der Waals surface area (Å²) in [6.45, 7) is 5.98. The molecule has 1 unspecified atom stereocenters. The maximum Gasteiger partial charge on any atom is 0.138 e. The number of halogens is 2. The third-order valence-electron chi connectivity index (χ3n) is 3.19. The zero-order valence-electron chi connectivity index (χ0n) is 12.5. The minimum absolute atomic E-state index is 0.310. The average molecular weight is 344 g/mol. The Bertz CT molecular complexity index is 591. The Balaban J connectivity index is 2.05. The molecule has 2 aromatic rings. The summed E-state index contributed by atoms with van der Waals surface area (Å²) in [5.41, 5.74) is 1.41. The fraction of sp³-hybridized carbons (Fsp3) is 0.467. The number of aliphatic hydroxyl groups is 1. The number of nitrogens with zero attached hydrogens (tertiary/aromatic N) is 3. The Morgan fingerprint density at radius 1 is 1.27 bits per heavy atom. The highest BCUT2D eigenvalue weighted by molar-refractivity contribution is 7.10. The van der Waals surface area contributed by atoms with Crippen LogP contribution in [-0.4, -0.2) is 32.7 Å². The lowest BCUT2D eigenvalue weighted by Crippen LogP contribution is -2.32. The molecule has 0 amide bonds. The summed E-state index contributed by atoms with van der Waals surface area (Å²) in [6, 6.07) is 5.91. The topological polar surface area (TPSA) is 49.2 Å². The van der Waals surface area contributed by atoms with Gasteiger partial charge in [0.05, 0.1) is 6.10 Å². The van der Waals surface area contributed by atoms with Crippen molar-refractivity contribution in [3.05, 3.63) is 45.7 Å². The molecule has 0 spiro atoms. The molecule has 0 fully saturated rings. The molecule has 1 atom stereocenters. The normalized spacial score (nSPS) is 13.0. The lowest BCUT2D eigenvalue weighted by molar-refractivity contribution is 0.101. The summed E-state index contributed by atoms with van der Waals surface area (Å²) in [5, 5.41) is 14.4. The van der Waals surface area contributed by atoms with Crippen LogP contribution in [0.5, 0.6) is 0 Å². The Kier molecular flexibility index (Phi) is 6.26. The van der Waals surface area contributed by atoms with Gasteiger partial charge in [0, 0.05) is 31.2 Å². The second kappa shape index (κ2) is 7.97. The Labute approximate surface area is 138 Å². The number of benzene rings is 1. The van der Waals surface area contributed by atoms with Crippen molar-refractivity contribution in [1.29, 1.82) is 0 Å². The Morgan fingerprint density at radius 3 is 2.50 bits per heavy atom. The number of aliphatic hydroxyl groups excluding tert-OH is 1. The summed E-state index contributed by atoms with van der Waals surface area (Å²) in [7, 11) is 0. The van der Waals surface area contributed by atoms with Gasteiger partial charge in [-0.15, -0.1) is 5.10 Å². The van der Waals surface area contributed by atoms with E-state index in [1.807, 2.05) is 0 Å². The third kappa shape index (κ3) is 4.98. The van der Waals surface area contributed by atoms with Crippen LogP contribution in [0.3, 0.4) is 0 Å². The van der Waals surface area contributed by atoms with Crippen molar-refractivity contribution in [1.82, 2.24) is 14.5 Å². The molecule has 0 aliphatic heterocycles. The fourth-order valence-electron chi connectivity index (χ4n) is 2.26. The molecule has 4 nitrogen and oxygen atoms in total. The van der Waals surface area contributed by atoms with Gasteiger partial charge in [0.15, 0.2) is 0 Å². The van der Waals surface area contributed by atoms with Crippen molar-refractivity contribution >= 4 is 23.1 Å². The van der Waals surface area contributed by atoms with Crippen LogP contribution in [0.15, 0.2) is 24.3 Å². The van der Waals surface area contributed by atoms with E-state index in [-0.39, 0.29) is 5.82 Å². The SMILES string of the molecule is CC(C)CN(Cc1nnsc1Cl)CC(O)c1ccc(F)cc1. The molecule has 0 radical (unpaired) electrons. The second-order valence-corrected chi connectivity index (χ2v) is 7.00. The van der Waals surface area contributed by atoms with Crippen molar-refractivity contribution in [3.63, 3.8) is 0 Å². The molecule has 120 valence electrons. The quantitative estimate of drug-likeness (QED) is 0.835. The summed E-state index contributed by atoms with van der Waals surface area (Å²) in [6.07, 6.45) is -0.690. The van der Waals surface area contributed by atoms with Crippen LogP contribution in [0.4, 0.5) is 4.39 Å². The first-order valence-electron chi connectivity index (χ1n) is 7.08. The van der Waals surface area contributed by atoms with E-state index in [2.05, 4.69) is 28.3 Å². The van der Waals surface area contributed by atoms with E-state index in [0.29, 0.717) is 28.9 Å². The van der Waals surface area contributed by atoms with E-state index in [4.69, 9.17) is 11.6 Å². The molecule has 0 aliphatic carbocycles. The Hall–Kier alpha value is -1.08. The third-order valence-corrected chi connectivity index (χ3v) is 4.18. The molecule has 0 saturated heterocycles. The number of hydrogen-bond acceptors (Lipinski definition) is 5. The van der Waals surface area contributed by atoms with Crippen LogP contribution in [0.25, 0.3) is 0 Å². The zero-order valence-corrected chi connectivity index (χ0v) is 14.1. The van der Waals surface area contributed by atoms with E-state index in [9.17, 15) is 9.50 Å². The van der Waals surface area contributed by atoms with Gasteiger partial charge < -0.3 is 5.11 Å². The van der Waals surface area contributed by atoms with Gasteiger partial charge in [0.25, 0.3) is 0 Å². The smallest absolute Gasteiger partial charge is 0.138 e. The lowest BCUT2D eigenvalue weighted by Gasteiger charge is -2.26. The maximum atomic E-state index is 13.0. The van der Waals surface area contributed by atoms with Gasteiger partial charge in [0.2, 0.25) is 0 Å². The van der Waals surface area contributed by atoms with Crippen LogP contribution in [-0.2, 0) is 6.54 Å². The van der Waals surface area contributed by atoms with Gasteiger partial charge in [0.1, 0.15) is 15.8 Å². The first-order chi connectivity index (χ1) is 10.5. The maximum absolute atomic E-state index is 13.0. The van der Waals surface area contributed by atoms with Crippen LogP contribution in [0, 0.1) is 11.7 Å². The molecule has 0 saturated carbocycles. The number of hydrogen-bond donors (Lipinski definition) is 1. The molecule has 0 bridgehead atoms. The summed E-state index contributed by atoms with van der Waals surface area (Å²) in [5.74, 6) is 0.126. The van der Waals surface area contributed by atoms with E-state index in [1.54, 1.807) is 12.1 Å². The van der Waals surface area contributed by atoms with Crippen molar-refractivity contribution < 1.29 is 9.50 Å². The monoisotopic (exact) mass is 343 g/mol. The first kappa shape index (κ1) is 17.3. The van der Waals surface area contributed by atoms with Gasteiger partial charge in [-0.25, -0.2) is 4.39 Å². The molecule has 1 aromatic carbocycles. The molecule has 1 aromatic heterocycles. The molecule has 2 rings (SSSR count). The standard InChI is InChI=1S/C15H19ClFN3OS/c1-10(2)7-20(8-13-15(16)22-19-18-13)9-14(21)11-3-5-12(17)6-4-11/h3-6,10,14,21H,7-9H2,1-2H3. The van der Waals surface area contributed by atoms with Crippen molar-refractivity contribution in [2.45, 2.75) is 26.5 Å². The molecular formula is C15H19ClFN3OS. The second-order valence-electron chi connectivity index (χ2n) is 5.65. The van der Waals surface area contributed by atoms with E-state index in [0.717, 1.165) is 23.8 Å². The molecule has 22 heavy (non-hydrogen) atoms. The molecule has 0 aliphatic rings. The van der Waals surface area contributed by atoms with Crippen molar-refractivity contribution in [2.24, 2.45) is 5.92 Å². The number of rotatable bonds is 7. The number of aromatic nitrogens is 2. The average Bonchev–Trinajstić information content (AvgIpc) is 2.84. The van der Waals surface area contributed by atoms with Crippen LogP contribution in [0.2, 0.25) is 4.34 Å². The van der Waals surface area contributed by atoms with Crippen LogP contribution >= 0.6 is 23.1 Å².